The monoisotopic (exact) mass is 302 g/mol. The first-order valence-electron chi connectivity index (χ1n) is 7.10. The second-order valence-electron chi connectivity index (χ2n) is 5.38. The van der Waals surface area contributed by atoms with Crippen LogP contribution in [0.25, 0.3) is 6.08 Å². The highest BCUT2D eigenvalue weighted by molar-refractivity contribution is 8.18. The molecule has 0 N–H and O–H groups in total. The molecule has 110 valence electrons. The summed E-state index contributed by atoms with van der Waals surface area (Å²) in [6.07, 6.45) is 2.22. The molecule has 2 atom stereocenters. The Balaban J connectivity index is 1.74. The highest BCUT2D eigenvalue weighted by atomic mass is 32.2. The van der Waals surface area contributed by atoms with E-state index in [-0.39, 0.29) is 18.1 Å². The third-order valence-electron chi connectivity index (χ3n) is 3.40. The van der Waals surface area contributed by atoms with Gasteiger partial charge in [0.15, 0.2) is 5.17 Å². The Bertz CT molecular complexity index is 588. The predicted octanol–water partition coefficient (Wildman–Crippen LogP) is 2.77. The molecule has 1 amide bonds. The molecule has 0 bridgehead atoms. The Hall–Kier alpha value is -1.59. The molecule has 4 nitrogen and oxygen atoms in total. The summed E-state index contributed by atoms with van der Waals surface area (Å²) in [6.45, 7) is 5.65. The molecule has 2 aliphatic rings. The smallest absolute Gasteiger partial charge is 0.286 e. The fraction of sp³-hybridized carbons (Fsp3) is 0.375. The van der Waals surface area contributed by atoms with Crippen LogP contribution in [0.4, 0.5) is 0 Å². The molecule has 5 heteroatoms. The topological polar surface area (TPSA) is 41.9 Å². The van der Waals surface area contributed by atoms with Crippen molar-refractivity contribution in [2.75, 3.05) is 13.1 Å². The van der Waals surface area contributed by atoms with Gasteiger partial charge in [-0.15, -0.1) is 0 Å². The van der Waals surface area contributed by atoms with Crippen molar-refractivity contribution in [3.8, 4) is 0 Å². The number of thioether (sulfide) groups is 1. The SMILES string of the molecule is C[C@@H]1CN(C2=NC(=O)/C(=C\c3ccccc3)S2)C[C@@H](C)O1. The molecule has 0 spiro atoms. The number of aliphatic imine (C=N–C) groups is 1. The zero-order valence-corrected chi connectivity index (χ0v) is 13.0. The van der Waals surface area contributed by atoms with E-state index in [2.05, 4.69) is 9.89 Å². The van der Waals surface area contributed by atoms with Gasteiger partial charge in [-0.1, -0.05) is 30.3 Å². The van der Waals surface area contributed by atoms with Crippen LogP contribution < -0.4 is 0 Å². The van der Waals surface area contributed by atoms with Crippen LogP contribution in [0.2, 0.25) is 0 Å². The number of hydrogen-bond donors (Lipinski definition) is 0. The lowest BCUT2D eigenvalue weighted by atomic mass is 10.2. The third kappa shape index (κ3) is 3.36. The van der Waals surface area contributed by atoms with Crippen molar-refractivity contribution >= 4 is 28.9 Å². The molecule has 1 aromatic rings. The maximum Gasteiger partial charge on any atom is 0.286 e. The summed E-state index contributed by atoms with van der Waals surface area (Å²) < 4.78 is 5.72. The number of rotatable bonds is 1. The molecule has 0 radical (unpaired) electrons. The molecule has 0 aliphatic carbocycles. The first-order chi connectivity index (χ1) is 10.1. The van der Waals surface area contributed by atoms with Gasteiger partial charge in [0.1, 0.15) is 0 Å². The van der Waals surface area contributed by atoms with E-state index < -0.39 is 0 Å². The summed E-state index contributed by atoms with van der Waals surface area (Å²) in [5.74, 6) is -0.148. The molecule has 1 fully saturated rings. The van der Waals surface area contributed by atoms with Gasteiger partial charge in [-0.25, -0.2) is 0 Å². The maximum absolute atomic E-state index is 12.1. The van der Waals surface area contributed by atoms with Crippen molar-refractivity contribution in [1.82, 2.24) is 4.90 Å². The van der Waals surface area contributed by atoms with Crippen molar-refractivity contribution in [3.63, 3.8) is 0 Å². The number of carbonyl (C=O) groups excluding carboxylic acids is 1. The first kappa shape index (κ1) is 14.4. The van der Waals surface area contributed by atoms with Gasteiger partial charge in [-0.05, 0) is 37.2 Å². The highest BCUT2D eigenvalue weighted by Crippen LogP contribution is 2.31. The number of amides is 1. The average Bonchev–Trinajstić information content (AvgIpc) is 2.80. The van der Waals surface area contributed by atoms with Gasteiger partial charge in [-0.3, -0.25) is 4.79 Å². The summed E-state index contributed by atoms with van der Waals surface area (Å²) in [7, 11) is 0. The summed E-state index contributed by atoms with van der Waals surface area (Å²) in [4.78, 5) is 19.1. The summed E-state index contributed by atoms with van der Waals surface area (Å²) in [5.41, 5.74) is 1.02. The number of amidine groups is 1. The van der Waals surface area contributed by atoms with Crippen molar-refractivity contribution < 1.29 is 9.53 Å². The Morgan fingerprint density at radius 3 is 2.57 bits per heavy atom. The van der Waals surface area contributed by atoms with E-state index in [0.29, 0.717) is 4.91 Å². The molecule has 3 rings (SSSR count). The van der Waals surface area contributed by atoms with Crippen molar-refractivity contribution in [3.05, 3.63) is 40.8 Å². The number of nitrogens with zero attached hydrogens (tertiary/aromatic N) is 2. The van der Waals surface area contributed by atoms with Gasteiger partial charge < -0.3 is 9.64 Å². The lowest BCUT2D eigenvalue weighted by Gasteiger charge is -2.35. The minimum absolute atomic E-state index is 0.148. The predicted molar refractivity (Wildman–Crippen MR) is 86.0 cm³/mol. The van der Waals surface area contributed by atoms with Crippen LogP contribution in [0.5, 0.6) is 0 Å². The molecule has 2 heterocycles. The summed E-state index contributed by atoms with van der Waals surface area (Å²) in [6, 6.07) is 9.85. The largest absolute Gasteiger partial charge is 0.372 e. The van der Waals surface area contributed by atoms with E-state index >= 15 is 0 Å². The molecular weight excluding hydrogens is 284 g/mol. The molecule has 21 heavy (non-hydrogen) atoms. The van der Waals surface area contributed by atoms with Crippen LogP contribution in [0.3, 0.4) is 0 Å². The Labute approximate surface area is 128 Å². The van der Waals surface area contributed by atoms with Crippen LogP contribution >= 0.6 is 11.8 Å². The molecule has 1 aromatic carbocycles. The third-order valence-corrected chi connectivity index (χ3v) is 4.44. The fourth-order valence-electron chi connectivity index (χ4n) is 2.57. The zero-order valence-electron chi connectivity index (χ0n) is 12.2. The Morgan fingerprint density at radius 2 is 1.90 bits per heavy atom. The van der Waals surface area contributed by atoms with Gasteiger partial charge in [0, 0.05) is 13.1 Å². The number of hydrogen-bond acceptors (Lipinski definition) is 4. The van der Waals surface area contributed by atoms with Crippen LogP contribution in [0.15, 0.2) is 40.2 Å². The van der Waals surface area contributed by atoms with Crippen LogP contribution in [-0.2, 0) is 9.53 Å². The lowest BCUT2D eigenvalue weighted by molar-refractivity contribution is -0.113. The van der Waals surface area contributed by atoms with Gasteiger partial charge in [0.25, 0.3) is 5.91 Å². The Kier molecular flexibility index (Phi) is 4.12. The molecule has 2 aliphatic heterocycles. The normalized spacial score (nSPS) is 28.1. The van der Waals surface area contributed by atoms with E-state index in [0.717, 1.165) is 23.8 Å². The molecule has 0 unspecified atom stereocenters. The summed E-state index contributed by atoms with van der Waals surface area (Å²) >= 11 is 1.46. The second kappa shape index (κ2) is 6.03. The van der Waals surface area contributed by atoms with Crippen LogP contribution in [0.1, 0.15) is 19.4 Å². The Morgan fingerprint density at radius 1 is 1.24 bits per heavy atom. The molecule has 0 saturated carbocycles. The van der Waals surface area contributed by atoms with Gasteiger partial charge in [-0.2, -0.15) is 4.99 Å². The van der Waals surface area contributed by atoms with E-state index in [1.807, 2.05) is 50.3 Å². The van der Waals surface area contributed by atoms with Gasteiger partial charge in [0.05, 0.1) is 17.1 Å². The van der Waals surface area contributed by atoms with E-state index in [9.17, 15) is 4.79 Å². The molecule has 0 aromatic heterocycles. The van der Waals surface area contributed by atoms with Crippen molar-refractivity contribution in [2.45, 2.75) is 26.1 Å². The van der Waals surface area contributed by atoms with E-state index in [4.69, 9.17) is 4.74 Å². The minimum atomic E-state index is -0.148. The first-order valence-corrected chi connectivity index (χ1v) is 7.91. The highest BCUT2D eigenvalue weighted by Gasteiger charge is 2.30. The number of ether oxygens (including phenoxy) is 1. The summed E-state index contributed by atoms with van der Waals surface area (Å²) in [5, 5.41) is 0.796. The van der Waals surface area contributed by atoms with Crippen molar-refractivity contribution in [2.24, 2.45) is 4.99 Å². The maximum atomic E-state index is 12.1. The number of carbonyl (C=O) groups is 1. The van der Waals surface area contributed by atoms with Crippen LogP contribution in [-0.4, -0.2) is 41.3 Å². The van der Waals surface area contributed by atoms with Crippen LogP contribution in [0, 0.1) is 0 Å². The van der Waals surface area contributed by atoms with Gasteiger partial charge >= 0.3 is 0 Å². The minimum Gasteiger partial charge on any atom is -0.372 e. The zero-order chi connectivity index (χ0) is 14.8. The molecular formula is C16H18N2O2S. The average molecular weight is 302 g/mol. The fourth-order valence-corrected chi connectivity index (χ4v) is 3.50. The number of benzene rings is 1. The lowest BCUT2D eigenvalue weighted by Crippen LogP contribution is -2.47. The number of morpholine rings is 1. The standard InChI is InChI=1S/C16H18N2O2S/c1-11-9-18(10-12(2)20-11)16-17-15(19)14(21-16)8-13-6-4-3-5-7-13/h3-8,11-12H,9-10H2,1-2H3/b14-8+/t11-,12-/m1/s1. The molecule has 1 saturated heterocycles. The quantitative estimate of drug-likeness (QED) is 0.748. The second-order valence-corrected chi connectivity index (χ2v) is 6.39. The van der Waals surface area contributed by atoms with E-state index in [1.165, 1.54) is 11.8 Å². The van der Waals surface area contributed by atoms with Gasteiger partial charge in [0.2, 0.25) is 0 Å². The van der Waals surface area contributed by atoms with E-state index in [1.54, 1.807) is 0 Å². The van der Waals surface area contributed by atoms with Crippen molar-refractivity contribution in [1.29, 1.82) is 0 Å².